The van der Waals surface area contributed by atoms with E-state index in [-0.39, 0.29) is 17.7 Å². The van der Waals surface area contributed by atoms with Crippen molar-refractivity contribution in [2.45, 2.75) is 18.6 Å². The van der Waals surface area contributed by atoms with E-state index in [4.69, 9.17) is 10.00 Å². The van der Waals surface area contributed by atoms with Crippen molar-refractivity contribution in [3.8, 4) is 22.7 Å². The van der Waals surface area contributed by atoms with Crippen LogP contribution in [-0.4, -0.2) is 56.1 Å². The summed E-state index contributed by atoms with van der Waals surface area (Å²) in [5.41, 5.74) is 2.45. The summed E-state index contributed by atoms with van der Waals surface area (Å²) in [4.78, 5) is 19.1. The summed E-state index contributed by atoms with van der Waals surface area (Å²) >= 11 is 1.40. The minimum atomic E-state index is -0.510. The van der Waals surface area contributed by atoms with Gasteiger partial charge in [0, 0.05) is 31.3 Å². The van der Waals surface area contributed by atoms with Crippen molar-refractivity contribution in [1.29, 1.82) is 5.26 Å². The van der Waals surface area contributed by atoms with Crippen LogP contribution in [0.25, 0.3) is 11.4 Å². The van der Waals surface area contributed by atoms with Crippen LogP contribution in [-0.2, 0) is 7.05 Å². The number of hydrazone groups is 1. The number of rotatable bonds is 4. The fourth-order valence-electron chi connectivity index (χ4n) is 3.76. The fourth-order valence-corrected chi connectivity index (χ4v) is 4.48. The Hall–Kier alpha value is -3.78. The first-order valence-electron chi connectivity index (χ1n) is 9.93. The summed E-state index contributed by atoms with van der Waals surface area (Å²) in [5, 5.41) is 21.2. The number of benzene rings is 1. The number of halogens is 1. The number of hydrogen-bond acceptors (Lipinski definition) is 7. The topological polar surface area (TPSA) is 99.6 Å². The highest BCUT2D eigenvalue weighted by Gasteiger charge is 2.39. The molecule has 1 aromatic carbocycles. The number of hydrogen-bond donors (Lipinski definition) is 0. The smallest absolute Gasteiger partial charge is 0.341 e. The Morgan fingerprint density at radius 2 is 2.19 bits per heavy atom. The summed E-state index contributed by atoms with van der Waals surface area (Å²) < 4.78 is 21.5. The normalized spacial score (nSPS) is 18.0. The number of thiazole rings is 1. The van der Waals surface area contributed by atoms with Crippen molar-refractivity contribution in [2.75, 3.05) is 13.1 Å². The Balaban J connectivity index is 1.21. The van der Waals surface area contributed by atoms with Crippen molar-refractivity contribution in [1.82, 2.24) is 24.7 Å². The van der Waals surface area contributed by atoms with Crippen LogP contribution in [0.2, 0.25) is 0 Å². The zero-order valence-electron chi connectivity index (χ0n) is 17.1. The number of likely N-dealkylation sites (tertiary alicyclic amines) is 1. The monoisotopic (exact) mass is 451 g/mol. The molecule has 0 N–H and O–H groups in total. The molecule has 32 heavy (non-hydrogen) atoms. The lowest BCUT2D eigenvalue weighted by molar-refractivity contribution is 0.0276. The molecule has 162 valence electrons. The average molecular weight is 451 g/mol. The third kappa shape index (κ3) is 3.69. The number of aryl methyl sites for hydroxylation is 1. The molecule has 0 spiro atoms. The number of nitriles is 1. The lowest BCUT2D eigenvalue weighted by Crippen LogP contribution is -2.58. The molecular weight excluding hydrogens is 433 g/mol. The molecule has 2 aliphatic rings. The van der Waals surface area contributed by atoms with Gasteiger partial charge in [-0.2, -0.15) is 15.5 Å². The maximum absolute atomic E-state index is 13.9. The van der Waals surface area contributed by atoms with E-state index in [1.807, 2.05) is 24.6 Å². The first-order valence-corrected chi connectivity index (χ1v) is 10.8. The second-order valence-corrected chi connectivity index (χ2v) is 8.37. The van der Waals surface area contributed by atoms with Crippen molar-refractivity contribution in [3.05, 3.63) is 52.8 Å². The van der Waals surface area contributed by atoms with Gasteiger partial charge in [-0.3, -0.25) is 4.68 Å². The van der Waals surface area contributed by atoms with E-state index in [9.17, 15) is 9.18 Å². The van der Waals surface area contributed by atoms with Crippen LogP contribution in [0.5, 0.6) is 5.19 Å². The highest BCUT2D eigenvalue weighted by molar-refractivity contribution is 7.11. The van der Waals surface area contributed by atoms with Gasteiger partial charge in [0.2, 0.25) is 0 Å². The van der Waals surface area contributed by atoms with Crippen molar-refractivity contribution < 1.29 is 13.9 Å². The Bertz CT molecular complexity index is 1240. The molecular formula is C21H18FN7O2S. The zero-order chi connectivity index (χ0) is 22.2. The third-order valence-electron chi connectivity index (χ3n) is 5.41. The molecule has 3 aromatic rings. The van der Waals surface area contributed by atoms with Crippen LogP contribution in [0.1, 0.15) is 23.6 Å². The van der Waals surface area contributed by atoms with E-state index in [1.54, 1.807) is 28.1 Å². The number of carbonyl (C=O) groups is 1. The molecule has 1 unspecified atom stereocenters. The number of aromatic nitrogens is 3. The Labute approximate surface area is 187 Å². The highest BCUT2D eigenvalue weighted by atomic mass is 32.1. The molecule has 0 saturated carbocycles. The summed E-state index contributed by atoms with van der Waals surface area (Å²) in [7, 11) is 1.85. The Kier molecular flexibility index (Phi) is 5.07. The summed E-state index contributed by atoms with van der Waals surface area (Å²) in [6.45, 7) is 0.815. The van der Waals surface area contributed by atoms with Gasteiger partial charge in [0.15, 0.2) is 0 Å². The first kappa shape index (κ1) is 20.1. The molecule has 0 aliphatic carbocycles. The molecule has 9 nitrogen and oxygen atoms in total. The second-order valence-electron chi connectivity index (χ2n) is 7.55. The molecule has 1 atom stereocenters. The predicted octanol–water partition coefficient (Wildman–Crippen LogP) is 3.17. The van der Waals surface area contributed by atoms with Gasteiger partial charge in [-0.15, -0.1) is 0 Å². The molecule has 0 radical (unpaired) electrons. The number of carbonyl (C=O) groups excluding carboxylic acids is 1. The average Bonchev–Trinajstić information content (AvgIpc) is 3.49. The van der Waals surface area contributed by atoms with Crippen LogP contribution in [0.3, 0.4) is 0 Å². The molecule has 0 bridgehead atoms. The van der Waals surface area contributed by atoms with E-state index in [1.165, 1.54) is 28.5 Å². The second kappa shape index (κ2) is 8.05. The maximum Gasteiger partial charge on any atom is 0.341 e. The van der Waals surface area contributed by atoms with Gasteiger partial charge >= 0.3 is 6.03 Å². The van der Waals surface area contributed by atoms with Gasteiger partial charge in [0.05, 0.1) is 36.5 Å². The van der Waals surface area contributed by atoms with Gasteiger partial charge in [0.25, 0.3) is 5.19 Å². The standard InChI is InChI=1S/C21H18FN7O2S/c1-27-19(3-4-24-27)17-12-32-20(26-17)31-16-10-28(11-16)21(30)29-18(2-5-25-29)14-6-13(9-23)7-15(22)8-14/h3-8,12,16,18H,2,10-11H2,1H3. The van der Waals surface area contributed by atoms with Gasteiger partial charge in [-0.25, -0.2) is 19.2 Å². The van der Waals surface area contributed by atoms with Crippen molar-refractivity contribution in [3.63, 3.8) is 0 Å². The van der Waals surface area contributed by atoms with E-state index < -0.39 is 11.9 Å². The van der Waals surface area contributed by atoms with Gasteiger partial charge < -0.3 is 9.64 Å². The van der Waals surface area contributed by atoms with Crippen LogP contribution in [0.4, 0.5) is 9.18 Å². The van der Waals surface area contributed by atoms with E-state index in [0.29, 0.717) is 30.3 Å². The summed E-state index contributed by atoms with van der Waals surface area (Å²) in [5.74, 6) is -0.510. The highest BCUT2D eigenvalue weighted by Crippen LogP contribution is 2.32. The van der Waals surface area contributed by atoms with Crippen molar-refractivity contribution >= 4 is 23.6 Å². The largest absolute Gasteiger partial charge is 0.463 e. The van der Waals surface area contributed by atoms with Crippen LogP contribution in [0.15, 0.2) is 40.9 Å². The van der Waals surface area contributed by atoms with Crippen LogP contribution >= 0.6 is 11.3 Å². The van der Waals surface area contributed by atoms with Crippen molar-refractivity contribution in [2.24, 2.45) is 12.1 Å². The van der Waals surface area contributed by atoms with Crippen LogP contribution in [0, 0.1) is 17.1 Å². The molecule has 4 heterocycles. The number of urea groups is 1. The minimum absolute atomic E-state index is 0.158. The summed E-state index contributed by atoms with van der Waals surface area (Å²) in [6.07, 6.45) is 3.64. The summed E-state index contributed by atoms with van der Waals surface area (Å²) in [6, 6.07) is 7.21. The van der Waals surface area contributed by atoms with E-state index in [0.717, 1.165) is 11.4 Å². The molecule has 5 rings (SSSR count). The molecule has 11 heteroatoms. The minimum Gasteiger partial charge on any atom is -0.463 e. The lowest BCUT2D eigenvalue weighted by atomic mass is 10.0. The SMILES string of the molecule is Cn1nccc1-c1csc(OC2CN(C(=O)N3N=CCC3c3cc(F)cc(C#N)c3)C2)n1. The van der Waals surface area contributed by atoms with E-state index in [2.05, 4.69) is 15.2 Å². The number of ether oxygens (including phenoxy) is 1. The molecule has 1 saturated heterocycles. The van der Waals surface area contributed by atoms with Gasteiger partial charge in [0.1, 0.15) is 17.6 Å². The molecule has 2 aromatic heterocycles. The van der Waals surface area contributed by atoms with Gasteiger partial charge in [-0.1, -0.05) is 11.3 Å². The number of amides is 2. The molecule has 1 fully saturated rings. The molecule has 2 amide bonds. The third-order valence-corrected chi connectivity index (χ3v) is 6.14. The Morgan fingerprint density at radius 3 is 2.94 bits per heavy atom. The first-order chi connectivity index (χ1) is 15.5. The van der Waals surface area contributed by atoms with Crippen LogP contribution < -0.4 is 4.74 Å². The zero-order valence-corrected chi connectivity index (χ0v) is 17.9. The molecule has 2 aliphatic heterocycles. The van der Waals surface area contributed by atoms with E-state index >= 15 is 0 Å². The Morgan fingerprint density at radius 1 is 1.34 bits per heavy atom. The maximum atomic E-state index is 13.9. The quantitative estimate of drug-likeness (QED) is 0.607. The number of nitrogens with zero attached hydrogens (tertiary/aromatic N) is 7. The lowest BCUT2D eigenvalue weighted by Gasteiger charge is -2.40. The predicted molar refractivity (Wildman–Crippen MR) is 115 cm³/mol. The van der Waals surface area contributed by atoms with Gasteiger partial charge in [-0.05, 0) is 29.8 Å². The fraction of sp³-hybridized carbons (Fsp3) is 0.286.